The summed E-state index contributed by atoms with van der Waals surface area (Å²) < 4.78 is 1.12. The molecule has 0 aliphatic heterocycles. The Hall–Kier alpha value is -0.770. The van der Waals surface area contributed by atoms with E-state index in [1.54, 1.807) is 0 Å². The predicted octanol–water partition coefficient (Wildman–Crippen LogP) is 5.41. The molecule has 0 unspecified atom stereocenters. The van der Waals surface area contributed by atoms with Crippen LogP contribution in [0.4, 0.5) is 0 Å². The van der Waals surface area contributed by atoms with E-state index in [-0.39, 0.29) is 0 Å². The molecule has 0 saturated heterocycles. The van der Waals surface area contributed by atoms with Gasteiger partial charge in [0.2, 0.25) is 0 Å². The first-order chi connectivity index (χ1) is 9.54. The van der Waals surface area contributed by atoms with Crippen molar-refractivity contribution in [3.05, 3.63) is 58.1 Å². The van der Waals surface area contributed by atoms with Crippen LogP contribution in [0.2, 0.25) is 0 Å². The largest absolute Gasteiger partial charge is 0.310 e. The lowest BCUT2D eigenvalue weighted by molar-refractivity contribution is 0.584. The van der Waals surface area contributed by atoms with Crippen LogP contribution in [0.5, 0.6) is 0 Å². The molecule has 0 bridgehead atoms. The maximum Gasteiger partial charge on any atom is 0.0219 e. The van der Waals surface area contributed by atoms with Crippen molar-refractivity contribution in [1.82, 2.24) is 5.32 Å². The van der Waals surface area contributed by atoms with Crippen molar-refractivity contribution >= 4 is 27.7 Å². The number of nitrogens with one attached hydrogen (secondary N) is 1. The van der Waals surface area contributed by atoms with Gasteiger partial charge < -0.3 is 5.32 Å². The van der Waals surface area contributed by atoms with Crippen molar-refractivity contribution < 1.29 is 0 Å². The summed E-state index contributed by atoms with van der Waals surface area (Å²) in [4.78, 5) is 2.58. The molecule has 2 rings (SSSR count). The normalized spacial score (nSPS) is 11.1. The number of benzene rings is 2. The van der Waals surface area contributed by atoms with Gasteiger partial charge in [0.25, 0.3) is 0 Å². The van der Waals surface area contributed by atoms with Gasteiger partial charge in [0.05, 0.1) is 0 Å². The molecule has 0 radical (unpaired) electrons. The summed E-state index contributed by atoms with van der Waals surface area (Å²) in [6.45, 7) is 7.41. The van der Waals surface area contributed by atoms with E-state index in [9.17, 15) is 0 Å². The maximum absolute atomic E-state index is 3.53. The van der Waals surface area contributed by atoms with E-state index in [4.69, 9.17) is 0 Å². The highest BCUT2D eigenvalue weighted by Crippen LogP contribution is 2.32. The molecule has 0 aliphatic carbocycles. The van der Waals surface area contributed by atoms with Gasteiger partial charge in [0, 0.05) is 26.9 Å². The number of hydrogen-bond donors (Lipinski definition) is 1. The predicted molar refractivity (Wildman–Crippen MR) is 91.4 cm³/mol. The molecule has 1 nitrogen and oxygen atoms in total. The molecule has 0 aliphatic rings. The third-order valence-electron chi connectivity index (χ3n) is 2.94. The van der Waals surface area contributed by atoms with Gasteiger partial charge in [-0.15, -0.1) is 0 Å². The van der Waals surface area contributed by atoms with Crippen molar-refractivity contribution in [1.29, 1.82) is 0 Å². The Morgan fingerprint density at radius 1 is 1.15 bits per heavy atom. The second-order valence-corrected chi connectivity index (χ2v) is 7.24. The average molecular weight is 350 g/mol. The molecule has 1 N–H and O–H groups in total. The van der Waals surface area contributed by atoms with Crippen LogP contribution >= 0.6 is 27.7 Å². The van der Waals surface area contributed by atoms with E-state index in [0.29, 0.717) is 6.04 Å². The van der Waals surface area contributed by atoms with Crippen LogP contribution in [0.15, 0.2) is 56.7 Å². The highest BCUT2D eigenvalue weighted by molar-refractivity contribution is 9.10. The Labute approximate surface area is 134 Å². The second-order valence-electron chi connectivity index (χ2n) is 5.21. The van der Waals surface area contributed by atoms with E-state index in [1.807, 2.05) is 11.8 Å². The van der Waals surface area contributed by atoms with Crippen molar-refractivity contribution in [3.63, 3.8) is 0 Å². The van der Waals surface area contributed by atoms with Gasteiger partial charge in [-0.2, -0.15) is 0 Å². The summed E-state index contributed by atoms with van der Waals surface area (Å²) in [6.07, 6.45) is 0. The molecular formula is C17H20BrNS. The number of halogens is 1. The lowest BCUT2D eigenvalue weighted by Crippen LogP contribution is -2.22. The first kappa shape index (κ1) is 15.6. The van der Waals surface area contributed by atoms with Gasteiger partial charge in [-0.25, -0.2) is 0 Å². The Morgan fingerprint density at radius 3 is 2.65 bits per heavy atom. The number of aryl methyl sites for hydroxylation is 1. The van der Waals surface area contributed by atoms with Crippen molar-refractivity contribution in [2.24, 2.45) is 0 Å². The zero-order valence-electron chi connectivity index (χ0n) is 12.1. The minimum absolute atomic E-state index is 0.499. The molecular weight excluding hydrogens is 330 g/mol. The molecule has 3 heteroatoms. The summed E-state index contributed by atoms with van der Waals surface area (Å²) in [5.74, 6) is 0. The standard InChI is InChI=1S/C17H20BrNS/c1-12(2)19-11-14-9-13(3)7-8-17(14)20-16-6-4-5-15(18)10-16/h4-10,12,19H,11H2,1-3H3. The Balaban J connectivity index is 2.21. The van der Waals surface area contributed by atoms with Crippen LogP contribution in [-0.4, -0.2) is 6.04 Å². The molecule has 2 aromatic rings. The first-order valence-electron chi connectivity index (χ1n) is 6.81. The zero-order valence-corrected chi connectivity index (χ0v) is 14.5. The summed E-state index contributed by atoms with van der Waals surface area (Å²) in [7, 11) is 0. The topological polar surface area (TPSA) is 12.0 Å². The van der Waals surface area contributed by atoms with Crippen molar-refractivity contribution in [3.8, 4) is 0 Å². The fraction of sp³-hybridized carbons (Fsp3) is 0.294. The van der Waals surface area contributed by atoms with Gasteiger partial charge in [-0.05, 0) is 36.8 Å². The summed E-state index contributed by atoms with van der Waals surface area (Å²) >= 11 is 5.35. The minimum Gasteiger partial charge on any atom is -0.310 e. The van der Waals surface area contributed by atoms with Gasteiger partial charge >= 0.3 is 0 Å². The van der Waals surface area contributed by atoms with E-state index in [2.05, 4.69) is 84.5 Å². The van der Waals surface area contributed by atoms with Crippen molar-refractivity contribution in [2.75, 3.05) is 0 Å². The summed E-state index contributed by atoms with van der Waals surface area (Å²) in [5.41, 5.74) is 2.67. The molecule has 2 aromatic carbocycles. The quantitative estimate of drug-likeness (QED) is 0.774. The first-order valence-corrected chi connectivity index (χ1v) is 8.42. The van der Waals surface area contributed by atoms with E-state index >= 15 is 0 Å². The molecule has 0 amide bonds. The molecule has 0 atom stereocenters. The van der Waals surface area contributed by atoms with Crippen molar-refractivity contribution in [2.45, 2.75) is 43.1 Å². The summed E-state index contributed by atoms with van der Waals surface area (Å²) in [5, 5.41) is 3.50. The minimum atomic E-state index is 0.499. The van der Waals surface area contributed by atoms with Gasteiger partial charge in [-0.3, -0.25) is 0 Å². The van der Waals surface area contributed by atoms with Crippen LogP contribution < -0.4 is 5.32 Å². The molecule has 106 valence electrons. The van der Waals surface area contributed by atoms with Crippen LogP contribution in [0.1, 0.15) is 25.0 Å². The smallest absolute Gasteiger partial charge is 0.0219 e. The van der Waals surface area contributed by atoms with E-state index < -0.39 is 0 Å². The zero-order chi connectivity index (χ0) is 14.5. The molecule has 20 heavy (non-hydrogen) atoms. The third-order valence-corrected chi connectivity index (χ3v) is 4.54. The highest BCUT2D eigenvalue weighted by Gasteiger charge is 2.06. The Kier molecular flexibility index (Phi) is 5.70. The van der Waals surface area contributed by atoms with Gasteiger partial charge in [-0.1, -0.05) is 65.3 Å². The molecule has 0 fully saturated rings. The average Bonchev–Trinajstić information content (AvgIpc) is 2.39. The molecule has 0 heterocycles. The van der Waals surface area contributed by atoms with Gasteiger partial charge in [0.1, 0.15) is 0 Å². The van der Waals surface area contributed by atoms with Crippen LogP contribution in [-0.2, 0) is 6.54 Å². The van der Waals surface area contributed by atoms with E-state index in [0.717, 1.165) is 11.0 Å². The Morgan fingerprint density at radius 2 is 1.95 bits per heavy atom. The monoisotopic (exact) mass is 349 g/mol. The number of hydrogen-bond acceptors (Lipinski definition) is 2. The van der Waals surface area contributed by atoms with Crippen LogP contribution in [0.25, 0.3) is 0 Å². The SMILES string of the molecule is Cc1ccc(Sc2cccc(Br)c2)c(CNC(C)C)c1. The van der Waals surface area contributed by atoms with Crippen LogP contribution in [0, 0.1) is 6.92 Å². The maximum atomic E-state index is 3.53. The summed E-state index contributed by atoms with van der Waals surface area (Å²) in [6, 6.07) is 15.6. The van der Waals surface area contributed by atoms with Gasteiger partial charge in [0.15, 0.2) is 0 Å². The lowest BCUT2D eigenvalue weighted by Gasteiger charge is -2.13. The second kappa shape index (κ2) is 7.30. The lowest BCUT2D eigenvalue weighted by atomic mass is 10.1. The van der Waals surface area contributed by atoms with Crippen LogP contribution in [0.3, 0.4) is 0 Å². The fourth-order valence-corrected chi connectivity index (χ4v) is 3.45. The Bertz CT molecular complexity index is 581. The molecule has 0 saturated carbocycles. The third kappa shape index (κ3) is 4.65. The highest BCUT2D eigenvalue weighted by atomic mass is 79.9. The fourth-order valence-electron chi connectivity index (χ4n) is 1.92. The van der Waals surface area contributed by atoms with E-state index in [1.165, 1.54) is 20.9 Å². The number of rotatable bonds is 5. The molecule has 0 aromatic heterocycles. The molecule has 0 spiro atoms.